The molecule has 3 heteroatoms. The number of hydrogen-bond donors (Lipinski definition) is 2. The van der Waals surface area contributed by atoms with Crippen molar-refractivity contribution in [1.29, 1.82) is 0 Å². The zero-order valence-corrected chi connectivity index (χ0v) is 9.24. The summed E-state index contributed by atoms with van der Waals surface area (Å²) in [5, 5.41) is 3.55. The summed E-state index contributed by atoms with van der Waals surface area (Å²) in [5.74, 6) is 0.848. The number of nitrogens with zero attached hydrogens (tertiary/aromatic N) is 1. The first kappa shape index (κ1) is 10.4. The third-order valence-electron chi connectivity index (χ3n) is 3.14. The number of rotatable bonds is 3. The van der Waals surface area contributed by atoms with Gasteiger partial charge in [0.05, 0.1) is 11.4 Å². The number of nitrogens with two attached hydrogens (primary N) is 1. The molecule has 1 aromatic rings. The van der Waals surface area contributed by atoms with E-state index in [2.05, 4.69) is 23.3 Å². The largest absolute Gasteiger partial charge is 0.381 e. The predicted octanol–water partition coefficient (Wildman–Crippen LogP) is 2.14. The fraction of sp³-hybridized carbons (Fsp3) is 0.583. The maximum atomic E-state index is 5.65. The molecular formula is C12H19N3. The van der Waals surface area contributed by atoms with Crippen LogP contribution in [0.25, 0.3) is 0 Å². The number of nitrogens with one attached hydrogen (secondary N) is 1. The second kappa shape index (κ2) is 4.62. The van der Waals surface area contributed by atoms with E-state index in [9.17, 15) is 0 Å². The summed E-state index contributed by atoms with van der Waals surface area (Å²) in [4.78, 5) is 4.27. The van der Waals surface area contributed by atoms with Gasteiger partial charge in [0.15, 0.2) is 0 Å². The van der Waals surface area contributed by atoms with Gasteiger partial charge in [-0.3, -0.25) is 4.98 Å². The van der Waals surface area contributed by atoms with Crippen LogP contribution in [0.5, 0.6) is 0 Å². The van der Waals surface area contributed by atoms with Gasteiger partial charge in [0.2, 0.25) is 0 Å². The zero-order valence-electron chi connectivity index (χ0n) is 9.24. The van der Waals surface area contributed by atoms with Gasteiger partial charge in [-0.25, -0.2) is 0 Å². The minimum absolute atomic E-state index is 0.505. The maximum Gasteiger partial charge on any atom is 0.0770 e. The molecule has 1 saturated carbocycles. The quantitative estimate of drug-likeness (QED) is 0.795. The summed E-state index contributed by atoms with van der Waals surface area (Å²) in [6.07, 6.45) is 5.65. The molecule has 3 N–H and O–H groups in total. The molecule has 1 aromatic heterocycles. The van der Waals surface area contributed by atoms with E-state index >= 15 is 0 Å². The van der Waals surface area contributed by atoms with Gasteiger partial charge < -0.3 is 11.1 Å². The maximum absolute atomic E-state index is 5.65. The van der Waals surface area contributed by atoms with Gasteiger partial charge in [0.25, 0.3) is 0 Å². The summed E-state index contributed by atoms with van der Waals surface area (Å²) in [7, 11) is 0. The van der Waals surface area contributed by atoms with E-state index in [-0.39, 0.29) is 0 Å². The fourth-order valence-corrected chi connectivity index (χ4v) is 2.29. The van der Waals surface area contributed by atoms with Crippen LogP contribution in [-0.2, 0) is 6.54 Å². The number of pyridine rings is 1. The molecule has 1 heterocycles. The van der Waals surface area contributed by atoms with Gasteiger partial charge >= 0.3 is 0 Å². The molecule has 1 aliphatic carbocycles. The van der Waals surface area contributed by atoms with Crippen molar-refractivity contribution in [2.75, 3.05) is 5.32 Å². The lowest BCUT2D eigenvalue weighted by atomic mass is 10.1. The van der Waals surface area contributed by atoms with Gasteiger partial charge in [0, 0.05) is 18.8 Å². The van der Waals surface area contributed by atoms with E-state index < -0.39 is 0 Å². The molecule has 0 aliphatic heterocycles. The van der Waals surface area contributed by atoms with Gasteiger partial charge in [-0.1, -0.05) is 6.92 Å². The van der Waals surface area contributed by atoms with E-state index in [4.69, 9.17) is 5.73 Å². The SMILES string of the molecule is CC1CCC(Nc2cccnc2CN)C1. The fourth-order valence-electron chi connectivity index (χ4n) is 2.29. The Labute approximate surface area is 91.1 Å². The summed E-state index contributed by atoms with van der Waals surface area (Å²) in [6.45, 7) is 2.82. The van der Waals surface area contributed by atoms with E-state index in [1.807, 2.05) is 6.07 Å². The van der Waals surface area contributed by atoms with Crippen molar-refractivity contribution in [2.24, 2.45) is 11.7 Å². The third-order valence-corrected chi connectivity index (χ3v) is 3.14. The summed E-state index contributed by atoms with van der Waals surface area (Å²) < 4.78 is 0. The molecule has 15 heavy (non-hydrogen) atoms. The Kier molecular flexibility index (Phi) is 3.21. The molecule has 2 unspecified atom stereocenters. The van der Waals surface area contributed by atoms with Crippen molar-refractivity contribution in [1.82, 2.24) is 4.98 Å². The molecule has 3 nitrogen and oxygen atoms in total. The summed E-state index contributed by atoms with van der Waals surface area (Å²) in [6, 6.07) is 4.63. The van der Waals surface area contributed by atoms with Gasteiger partial charge in [0.1, 0.15) is 0 Å². The zero-order chi connectivity index (χ0) is 10.7. The lowest BCUT2D eigenvalue weighted by molar-refractivity contribution is 0.602. The first-order chi connectivity index (χ1) is 7.29. The van der Waals surface area contributed by atoms with Crippen LogP contribution in [0.3, 0.4) is 0 Å². The monoisotopic (exact) mass is 205 g/mol. The third kappa shape index (κ3) is 2.48. The first-order valence-electron chi connectivity index (χ1n) is 5.70. The average molecular weight is 205 g/mol. The summed E-state index contributed by atoms with van der Waals surface area (Å²) >= 11 is 0. The lowest BCUT2D eigenvalue weighted by Crippen LogP contribution is -2.17. The molecule has 0 aromatic carbocycles. The van der Waals surface area contributed by atoms with Crippen LogP contribution in [0.4, 0.5) is 5.69 Å². The van der Waals surface area contributed by atoms with Gasteiger partial charge in [-0.2, -0.15) is 0 Å². The number of hydrogen-bond acceptors (Lipinski definition) is 3. The van der Waals surface area contributed by atoms with E-state index in [1.165, 1.54) is 19.3 Å². The summed E-state index contributed by atoms with van der Waals surface area (Å²) in [5.41, 5.74) is 7.73. The Balaban J connectivity index is 2.04. The Hall–Kier alpha value is -1.09. The minimum atomic E-state index is 0.505. The topological polar surface area (TPSA) is 50.9 Å². The van der Waals surface area contributed by atoms with E-state index in [0.717, 1.165) is 17.3 Å². The highest BCUT2D eigenvalue weighted by Crippen LogP contribution is 2.27. The molecule has 0 amide bonds. The lowest BCUT2D eigenvalue weighted by Gasteiger charge is -2.15. The minimum Gasteiger partial charge on any atom is -0.381 e. The Morgan fingerprint density at radius 2 is 2.40 bits per heavy atom. The molecule has 0 bridgehead atoms. The highest BCUT2D eigenvalue weighted by molar-refractivity contribution is 5.48. The standard InChI is InChI=1S/C12H19N3/c1-9-4-5-10(7-9)15-11-3-2-6-14-12(11)8-13/h2-3,6,9-10,15H,4-5,7-8,13H2,1H3. The molecule has 0 saturated heterocycles. The van der Waals surface area contributed by atoms with Crippen LogP contribution < -0.4 is 11.1 Å². The van der Waals surface area contributed by atoms with Crippen LogP contribution in [0.2, 0.25) is 0 Å². The van der Waals surface area contributed by atoms with Crippen molar-refractivity contribution in [3.8, 4) is 0 Å². The highest BCUT2D eigenvalue weighted by Gasteiger charge is 2.21. The average Bonchev–Trinajstić information content (AvgIpc) is 2.65. The van der Waals surface area contributed by atoms with Crippen LogP contribution in [-0.4, -0.2) is 11.0 Å². The number of aromatic nitrogens is 1. The molecule has 1 aliphatic rings. The van der Waals surface area contributed by atoms with Gasteiger partial charge in [-0.15, -0.1) is 0 Å². The van der Waals surface area contributed by atoms with E-state index in [1.54, 1.807) is 6.20 Å². The predicted molar refractivity (Wildman–Crippen MR) is 62.6 cm³/mol. The van der Waals surface area contributed by atoms with Crippen molar-refractivity contribution in [3.05, 3.63) is 24.0 Å². The second-order valence-electron chi connectivity index (χ2n) is 4.46. The number of anilines is 1. The van der Waals surface area contributed by atoms with E-state index in [0.29, 0.717) is 12.6 Å². The van der Waals surface area contributed by atoms with Crippen molar-refractivity contribution in [2.45, 2.75) is 38.8 Å². The molecule has 1 fully saturated rings. The normalized spacial score (nSPS) is 25.5. The Bertz CT molecular complexity index is 324. The van der Waals surface area contributed by atoms with Crippen molar-refractivity contribution in [3.63, 3.8) is 0 Å². The van der Waals surface area contributed by atoms with Crippen LogP contribution in [0.1, 0.15) is 31.9 Å². The molecule has 2 rings (SSSR count). The van der Waals surface area contributed by atoms with Crippen molar-refractivity contribution >= 4 is 5.69 Å². The smallest absolute Gasteiger partial charge is 0.0770 e. The van der Waals surface area contributed by atoms with Crippen molar-refractivity contribution < 1.29 is 0 Å². The Morgan fingerprint density at radius 1 is 1.53 bits per heavy atom. The molecule has 0 radical (unpaired) electrons. The van der Waals surface area contributed by atoms with Crippen LogP contribution in [0.15, 0.2) is 18.3 Å². The molecule has 2 atom stereocenters. The second-order valence-corrected chi connectivity index (χ2v) is 4.46. The first-order valence-corrected chi connectivity index (χ1v) is 5.70. The Morgan fingerprint density at radius 3 is 3.07 bits per heavy atom. The van der Waals surface area contributed by atoms with Crippen LogP contribution in [0, 0.1) is 5.92 Å². The van der Waals surface area contributed by atoms with Crippen LogP contribution >= 0.6 is 0 Å². The van der Waals surface area contributed by atoms with Gasteiger partial charge in [-0.05, 0) is 37.3 Å². The molecule has 82 valence electrons. The highest BCUT2D eigenvalue weighted by atomic mass is 14.9. The molecular weight excluding hydrogens is 186 g/mol. The molecule has 0 spiro atoms.